The Morgan fingerprint density at radius 2 is 2.00 bits per heavy atom. The zero-order valence-corrected chi connectivity index (χ0v) is 9.78. The van der Waals surface area contributed by atoms with Crippen molar-refractivity contribution in [1.29, 1.82) is 0 Å². The Balaban J connectivity index is 3.74. The topological polar surface area (TPSA) is 46.3 Å². The van der Waals surface area contributed by atoms with E-state index >= 15 is 0 Å². The molecule has 13 heavy (non-hydrogen) atoms. The Bertz CT molecular complexity index is 165. The Hall–Kier alpha value is -0.220. The minimum absolute atomic E-state index is 0.152. The van der Waals surface area contributed by atoms with E-state index in [9.17, 15) is 4.79 Å². The van der Waals surface area contributed by atoms with Crippen molar-refractivity contribution in [2.24, 2.45) is 5.73 Å². The number of amides is 1. The summed E-state index contributed by atoms with van der Waals surface area (Å²) < 4.78 is 0.152. The van der Waals surface area contributed by atoms with Crippen molar-refractivity contribution in [2.75, 3.05) is 25.9 Å². The predicted octanol–water partition coefficient (Wildman–Crippen LogP) is 0.935. The Morgan fingerprint density at radius 3 is 2.38 bits per heavy atom. The molecule has 2 N–H and O–H groups in total. The van der Waals surface area contributed by atoms with Gasteiger partial charge < -0.3 is 10.6 Å². The van der Waals surface area contributed by atoms with Gasteiger partial charge in [0.05, 0.1) is 5.75 Å². The number of nitrogens with two attached hydrogens (primary N) is 1. The zero-order valence-electron chi connectivity index (χ0n) is 8.96. The first-order chi connectivity index (χ1) is 5.87. The van der Waals surface area contributed by atoms with E-state index in [2.05, 4.69) is 20.8 Å². The van der Waals surface area contributed by atoms with E-state index in [0.717, 1.165) is 0 Å². The molecule has 0 aromatic rings. The fourth-order valence-electron chi connectivity index (χ4n) is 0.707. The molecular weight excluding hydrogens is 184 g/mol. The molecule has 0 rings (SSSR count). The maximum Gasteiger partial charge on any atom is 0.232 e. The molecule has 0 spiro atoms. The number of likely N-dealkylation sites (N-methyl/N-ethyl adjacent to an activating group) is 1. The maximum absolute atomic E-state index is 11.4. The monoisotopic (exact) mass is 204 g/mol. The van der Waals surface area contributed by atoms with Crippen LogP contribution in [-0.4, -0.2) is 41.4 Å². The SMILES string of the molecule is CN(CCN)C(=O)CSC(C)(C)C. The average Bonchev–Trinajstić information content (AvgIpc) is 1.99. The molecule has 4 heteroatoms. The second kappa shape index (κ2) is 5.50. The third-order valence-corrected chi connectivity index (χ3v) is 2.78. The van der Waals surface area contributed by atoms with Gasteiger partial charge in [0.1, 0.15) is 0 Å². The summed E-state index contributed by atoms with van der Waals surface area (Å²) in [7, 11) is 1.79. The van der Waals surface area contributed by atoms with Gasteiger partial charge in [-0.15, -0.1) is 11.8 Å². The van der Waals surface area contributed by atoms with Crippen LogP contribution in [0.15, 0.2) is 0 Å². The molecule has 1 amide bonds. The molecule has 0 atom stereocenters. The van der Waals surface area contributed by atoms with Crippen LogP contribution in [0.2, 0.25) is 0 Å². The number of nitrogens with zero attached hydrogens (tertiary/aromatic N) is 1. The van der Waals surface area contributed by atoms with Gasteiger partial charge in [-0.05, 0) is 0 Å². The Kier molecular flexibility index (Phi) is 5.40. The van der Waals surface area contributed by atoms with E-state index in [1.165, 1.54) is 0 Å². The molecule has 0 aliphatic heterocycles. The van der Waals surface area contributed by atoms with Crippen LogP contribution in [0.1, 0.15) is 20.8 Å². The molecule has 0 fully saturated rings. The minimum Gasteiger partial charge on any atom is -0.344 e. The minimum atomic E-state index is 0.152. The van der Waals surface area contributed by atoms with Crippen LogP contribution in [0.3, 0.4) is 0 Å². The van der Waals surface area contributed by atoms with Crippen LogP contribution < -0.4 is 5.73 Å². The molecular formula is C9H20N2OS. The summed E-state index contributed by atoms with van der Waals surface area (Å²) in [5.74, 6) is 0.699. The first kappa shape index (κ1) is 12.8. The van der Waals surface area contributed by atoms with E-state index in [4.69, 9.17) is 5.73 Å². The number of rotatable bonds is 4. The Labute approximate surface area is 85.0 Å². The van der Waals surface area contributed by atoms with Gasteiger partial charge in [0, 0.05) is 24.9 Å². The van der Waals surface area contributed by atoms with Gasteiger partial charge in [0.2, 0.25) is 5.91 Å². The van der Waals surface area contributed by atoms with Crippen LogP contribution in [0.4, 0.5) is 0 Å². The normalized spacial score (nSPS) is 11.5. The lowest BCUT2D eigenvalue weighted by atomic mass is 10.3. The third-order valence-electron chi connectivity index (χ3n) is 1.52. The highest BCUT2D eigenvalue weighted by Gasteiger charge is 2.15. The number of carbonyl (C=O) groups is 1. The summed E-state index contributed by atoms with van der Waals surface area (Å²) in [5, 5.41) is 0. The molecule has 0 aromatic heterocycles. The van der Waals surface area contributed by atoms with Gasteiger partial charge >= 0.3 is 0 Å². The fourth-order valence-corrected chi connectivity index (χ4v) is 1.48. The maximum atomic E-state index is 11.4. The standard InChI is InChI=1S/C9H20N2OS/c1-9(2,3)13-7-8(12)11(4)6-5-10/h5-7,10H2,1-4H3. The third kappa shape index (κ3) is 6.90. The van der Waals surface area contributed by atoms with Crippen LogP contribution >= 0.6 is 11.8 Å². The molecule has 0 bridgehead atoms. The van der Waals surface area contributed by atoms with Crippen molar-refractivity contribution in [3.05, 3.63) is 0 Å². The van der Waals surface area contributed by atoms with Gasteiger partial charge in [-0.1, -0.05) is 20.8 Å². The molecule has 0 aromatic carbocycles. The van der Waals surface area contributed by atoms with Crippen molar-refractivity contribution in [3.63, 3.8) is 0 Å². The summed E-state index contributed by atoms with van der Waals surface area (Å²) in [4.78, 5) is 13.1. The van der Waals surface area contributed by atoms with E-state index in [1.54, 1.807) is 23.7 Å². The number of hydrogen-bond acceptors (Lipinski definition) is 3. The quantitative estimate of drug-likeness (QED) is 0.741. The molecule has 0 saturated carbocycles. The van der Waals surface area contributed by atoms with Crippen LogP contribution in [0, 0.1) is 0 Å². The van der Waals surface area contributed by atoms with Gasteiger partial charge in [-0.2, -0.15) is 0 Å². The summed E-state index contributed by atoms with van der Waals surface area (Å²) in [6.45, 7) is 7.49. The van der Waals surface area contributed by atoms with E-state index < -0.39 is 0 Å². The first-order valence-electron chi connectivity index (χ1n) is 4.45. The lowest BCUT2D eigenvalue weighted by Crippen LogP contribution is -2.33. The highest BCUT2D eigenvalue weighted by molar-refractivity contribution is 8.01. The van der Waals surface area contributed by atoms with Crippen molar-refractivity contribution in [1.82, 2.24) is 4.90 Å². The van der Waals surface area contributed by atoms with E-state index in [1.807, 2.05) is 0 Å². The smallest absolute Gasteiger partial charge is 0.232 e. The fraction of sp³-hybridized carbons (Fsp3) is 0.889. The lowest BCUT2D eigenvalue weighted by molar-refractivity contribution is -0.126. The van der Waals surface area contributed by atoms with Gasteiger partial charge in [-0.25, -0.2) is 0 Å². The van der Waals surface area contributed by atoms with Crippen LogP contribution in [0.25, 0.3) is 0 Å². The van der Waals surface area contributed by atoms with E-state index in [0.29, 0.717) is 18.8 Å². The van der Waals surface area contributed by atoms with E-state index in [-0.39, 0.29) is 10.7 Å². The average molecular weight is 204 g/mol. The van der Waals surface area contributed by atoms with Gasteiger partial charge in [0.15, 0.2) is 0 Å². The highest BCUT2D eigenvalue weighted by Crippen LogP contribution is 2.22. The molecule has 0 unspecified atom stereocenters. The molecule has 0 saturated heterocycles. The second-order valence-corrected chi connectivity index (χ2v) is 5.81. The summed E-state index contributed by atoms with van der Waals surface area (Å²) in [6.07, 6.45) is 0. The lowest BCUT2D eigenvalue weighted by Gasteiger charge is -2.20. The second-order valence-electron chi connectivity index (χ2n) is 4.01. The molecule has 0 radical (unpaired) electrons. The summed E-state index contributed by atoms with van der Waals surface area (Å²) >= 11 is 1.66. The molecule has 0 aliphatic rings. The summed E-state index contributed by atoms with van der Waals surface area (Å²) in [5.41, 5.74) is 5.35. The van der Waals surface area contributed by atoms with Gasteiger partial charge in [-0.3, -0.25) is 4.79 Å². The molecule has 0 heterocycles. The van der Waals surface area contributed by atoms with Crippen molar-refractivity contribution >= 4 is 17.7 Å². The largest absolute Gasteiger partial charge is 0.344 e. The van der Waals surface area contributed by atoms with Crippen LogP contribution in [0.5, 0.6) is 0 Å². The van der Waals surface area contributed by atoms with Crippen molar-refractivity contribution in [2.45, 2.75) is 25.5 Å². The number of thioether (sulfide) groups is 1. The summed E-state index contributed by atoms with van der Waals surface area (Å²) in [6, 6.07) is 0. The van der Waals surface area contributed by atoms with Crippen LogP contribution in [-0.2, 0) is 4.79 Å². The number of hydrogen-bond donors (Lipinski definition) is 1. The molecule has 3 nitrogen and oxygen atoms in total. The predicted molar refractivity (Wildman–Crippen MR) is 58.9 cm³/mol. The van der Waals surface area contributed by atoms with Crippen molar-refractivity contribution < 1.29 is 4.79 Å². The highest BCUT2D eigenvalue weighted by atomic mass is 32.2. The molecule has 0 aliphatic carbocycles. The van der Waals surface area contributed by atoms with Gasteiger partial charge in [0.25, 0.3) is 0 Å². The Morgan fingerprint density at radius 1 is 1.46 bits per heavy atom. The first-order valence-corrected chi connectivity index (χ1v) is 5.43. The number of carbonyl (C=O) groups excluding carboxylic acids is 1. The van der Waals surface area contributed by atoms with Crippen molar-refractivity contribution in [3.8, 4) is 0 Å². The molecule has 78 valence electrons. The zero-order chi connectivity index (χ0) is 10.5.